The maximum absolute atomic E-state index is 13.0. The summed E-state index contributed by atoms with van der Waals surface area (Å²) in [6, 6.07) is 18.6. The van der Waals surface area contributed by atoms with Crippen molar-refractivity contribution in [2.75, 3.05) is 27.3 Å². The van der Waals surface area contributed by atoms with Gasteiger partial charge >= 0.3 is 5.97 Å². The first kappa shape index (κ1) is 31.9. The van der Waals surface area contributed by atoms with Gasteiger partial charge in [-0.05, 0) is 30.9 Å². The molecular formula is C34H54NO3+. The average Bonchev–Trinajstić information content (AvgIpc) is 2.91. The predicted molar refractivity (Wildman–Crippen MR) is 159 cm³/mol. The minimum Gasteiger partial charge on any atom is -0.493 e. The molecule has 1 atom stereocenters. The summed E-state index contributed by atoms with van der Waals surface area (Å²) in [6.07, 6.45) is 15.6. The Hall–Kier alpha value is -2.33. The molecule has 4 heteroatoms. The second-order valence-corrected chi connectivity index (χ2v) is 11.3. The Balaban J connectivity index is 1.70. The first-order chi connectivity index (χ1) is 18.5. The molecule has 0 aliphatic rings. The Labute approximate surface area is 233 Å². The lowest BCUT2D eigenvalue weighted by Crippen LogP contribution is -2.52. The van der Waals surface area contributed by atoms with Crippen molar-refractivity contribution >= 4 is 5.97 Å². The fourth-order valence-electron chi connectivity index (χ4n) is 5.18. The highest BCUT2D eigenvalue weighted by atomic mass is 16.5. The lowest BCUT2D eigenvalue weighted by atomic mass is 10.0. The Morgan fingerprint density at radius 1 is 0.737 bits per heavy atom. The van der Waals surface area contributed by atoms with Crippen LogP contribution in [0.2, 0.25) is 0 Å². The van der Waals surface area contributed by atoms with Crippen LogP contribution in [0.1, 0.15) is 102 Å². The zero-order valence-corrected chi connectivity index (χ0v) is 24.8. The molecule has 0 spiro atoms. The minimum absolute atomic E-state index is 0.0986. The second-order valence-electron chi connectivity index (χ2n) is 11.3. The molecule has 2 aromatic carbocycles. The molecular weight excluding hydrogens is 470 g/mol. The van der Waals surface area contributed by atoms with E-state index in [2.05, 4.69) is 70.4 Å². The van der Waals surface area contributed by atoms with E-state index in [1.165, 1.54) is 68.9 Å². The Morgan fingerprint density at radius 3 is 2.05 bits per heavy atom. The number of aryl methyl sites for hydroxylation is 1. The van der Waals surface area contributed by atoms with Crippen molar-refractivity contribution < 1.29 is 18.8 Å². The SMILES string of the molecule is CCCCCCCCCCCc1ccccc1OCCCOC(=O)C(CCC)[N+](C)(C)Cc1ccccc1. The fourth-order valence-corrected chi connectivity index (χ4v) is 5.18. The zero-order chi connectivity index (χ0) is 27.5. The molecule has 0 aromatic heterocycles. The Kier molecular flexibility index (Phi) is 15.8. The fraction of sp³-hybridized carbons (Fsp3) is 0.618. The molecule has 38 heavy (non-hydrogen) atoms. The summed E-state index contributed by atoms with van der Waals surface area (Å²) in [5.74, 6) is 0.876. The molecule has 0 saturated heterocycles. The van der Waals surface area contributed by atoms with E-state index in [1.54, 1.807) is 0 Å². The molecule has 4 nitrogen and oxygen atoms in total. The standard InChI is InChI=1S/C34H54NO3/c1-5-7-8-9-10-11-12-13-17-24-31-25-18-19-26-33(31)37-27-20-28-38-34(36)32(21-6-2)35(3,4)29-30-22-15-14-16-23-30/h14-16,18-19,22-23,25-26,32H,5-13,17,20-21,24,27-29H2,1-4H3/q+1. The highest BCUT2D eigenvalue weighted by molar-refractivity contribution is 5.74. The average molecular weight is 525 g/mol. The van der Waals surface area contributed by atoms with Gasteiger partial charge in [-0.25, -0.2) is 4.79 Å². The molecule has 0 aliphatic heterocycles. The third-order valence-electron chi connectivity index (χ3n) is 7.42. The van der Waals surface area contributed by atoms with E-state index in [4.69, 9.17) is 9.47 Å². The molecule has 0 aliphatic carbocycles. The predicted octanol–water partition coefficient (Wildman–Crippen LogP) is 8.52. The Bertz CT molecular complexity index is 880. The molecule has 0 N–H and O–H groups in total. The van der Waals surface area contributed by atoms with Crippen LogP contribution in [0.3, 0.4) is 0 Å². The largest absolute Gasteiger partial charge is 0.493 e. The number of para-hydroxylation sites is 1. The van der Waals surface area contributed by atoms with Crippen molar-refractivity contribution in [1.82, 2.24) is 0 Å². The molecule has 0 bridgehead atoms. The third-order valence-corrected chi connectivity index (χ3v) is 7.42. The number of nitrogens with zero attached hydrogens (tertiary/aromatic N) is 1. The summed E-state index contributed by atoms with van der Waals surface area (Å²) < 4.78 is 12.5. The maximum Gasteiger partial charge on any atom is 0.364 e. The molecule has 0 amide bonds. The van der Waals surface area contributed by atoms with E-state index in [-0.39, 0.29) is 12.0 Å². The van der Waals surface area contributed by atoms with Crippen LogP contribution in [0, 0.1) is 0 Å². The molecule has 0 heterocycles. The number of benzene rings is 2. The van der Waals surface area contributed by atoms with Gasteiger partial charge in [0, 0.05) is 18.4 Å². The van der Waals surface area contributed by atoms with Crippen LogP contribution in [-0.4, -0.2) is 43.8 Å². The summed E-state index contributed by atoms with van der Waals surface area (Å²) >= 11 is 0. The van der Waals surface area contributed by atoms with Gasteiger partial charge in [0.25, 0.3) is 0 Å². The minimum atomic E-state index is -0.168. The lowest BCUT2D eigenvalue weighted by Gasteiger charge is -2.36. The van der Waals surface area contributed by atoms with Crippen molar-refractivity contribution in [2.45, 2.75) is 110 Å². The summed E-state index contributed by atoms with van der Waals surface area (Å²) in [6.45, 7) is 6.16. The molecule has 2 rings (SSSR count). The summed E-state index contributed by atoms with van der Waals surface area (Å²) in [5.41, 5.74) is 2.52. The highest BCUT2D eigenvalue weighted by Gasteiger charge is 2.35. The molecule has 0 fully saturated rings. The first-order valence-corrected chi connectivity index (χ1v) is 15.2. The lowest BCUT2D eigenvalue weighted by molar-refractivity contribution is -0.920. The Morgan fingerprint density at radius 2 is 1.37 bits per heavy atom. The van der Waals surface area contributed by atoms with Crippen molar-refractivity contribution in [3.05, 3.63) is 65.7 Å². The van der Waals surface area contributed by atoms with Gasteiger partial charge in [0.2, 0.25) is 0 Å². The van der Waals surface area contributed by atoms with Crippen LogP contribution < -0.4 is 4.74 Å². The van der Waals surface area contributed by atoms with E-state index in [0.717, 1.165) is 31.6 Å². The van der Waals surface area contributed by atoms with E-state index < -0.39 is 0 Å². The van der Waals surface area contributed by atoms with Crippen molar-refractivity contribution in [1.29, 1.82) is 0 Å². The number of rotatable bonds is 21. The van der Waals surface area contributed by atoms with Crippen LogP contribution in [-0.2, 0) is 22.5 Å². The zero-order valence-electron chi connectivity index (χ0n) is 24.8. The van der Waals surface area contributed by atoms with Gasteiger partial charge in [0.15, 0.2) is 6.04 Å². The number of carbonyl (C=O) groups is 1. The van der Waals surface area contributed by atoms with Gasteiger partial charge < -0.3 is 14.0 Å². The number of esters is 1. The van der Waals surface area contributed by atoms with Gasteiger partial charge in [0.1, 0.15) is 12.3 Å². The number of likely N-dealkylation sites (N-methyl/N-ethyl adjacent to an activating group) is 1. The summed E-state index contributed by atoms with van der Waals surface area (Å²) in [7, 11) is 4.25. The number of quaternary nitrogens is 1. The smallest absolute Gasteiger partial charge is 0.364 e. The van der Waals surface area contributed by atoms with Gasteiger partial charge in [-0.15, -0.1) is 0 Å². The molecule has 2 aromatic rings. The quantitative estimate of drug-likeness (QED) is 0.0932. The van der Waals surface area contributed by atoms with Crippen LogP contribution in [0.15, 0.2) is 54.6 Å². The summed E-state index contributed by atoms with van der Waals surface area (Å²) in [4.78, 5) is 13.0. The number of unbranched alkanes of at least 4 members (excludes halogenated alkanes) is 8. The van der Waals surface area contributed by atoms with E-state index in [9.17, 15) is 4.79 Å². The van der Waals surface area contributed by atoms with Crippen LogP contribution in [0.25, 0.3) is 0 Å². The van der Waals surface area contributed by atoms with E-state index in [0.29, 0.717) is 24.1 Å². The molecule has 212 valence electrons. The molecule has 1 unspecified atom stereocenters. The number of hydrogen-bond donors (Lipinski definition) is 0. The monoisotopic (exact) mass is 524 g/mol. The van der Waals surface area contributed by atoms with Gasteiger partial charge in [-0.3, -0.25) is 0 Å². The number of carbonyl (C=O) groups excluding carboxylic acids is 1. The van der Waals surface area contributed by atoms with Crippen LogP contribution in [0.5, 0.6) is 5.75 Å². The van der Waals surface area contributed by atoms with Crippen LogP contribution in [0.4, 0.5) is 0 Å². The number of ether oxygens (including phenoxy) is 2. The van der Waals surface area contributed by atoms with Crippen molar-refractivity contribution in [3.63, 3.8) is 0 Å². The van der Waals surface area contributed by atoms with Gasteiger partial charge in [-0.1, -0.05) is 114 Å². The van der Waals surface area contributed by atoms with E-state index >= 15 is 0 Å². The van der Waals surface area contributed by atoms with Crippen molar-refractivity contribution in [3.8, 4) is 5.75 Å². The summed E-state index contributed by atoms with van der Waals surface area (Å²) in [5, 5.41) is 0. The van der Waals surface area contributed by atoms with Crippen LogP contribution >= 0.6 is 0 Å². The van der Waals surface area contributed by atoms with Gasteiger partial charge in [-0.2, -0.15) is 0 Å². The topological polar surface area (TPSA) is 35.5 Å². The highest BCUT2D eigenvalue weighted by Crippen LogP contribution is 2.22. The third kappa shape index (κ3) is 12.5. The van der Waals surface area contributed by atoms with Crippen molar-refractivity contribution in [2.24, 2.45) is 0 Å². The van der Waals surface area contributed by atoms with Gasteiger partial charge in [0.05, 0.1) is 27.3 Å². The first-order valence-electron chi connectivity index (χ1n) is 15.2. The maximum atomic E-state index is 13.0. The normalized spacial score (nSPS) is 12.3. The number of hydrogen-bond acceptors (Lipinski definition) is 3. The second kappa shape index (κ2) is 18.8. The van der Waals surface area contributed by atoms with E-state index in [1.807, 2.05) is 12.1 Å². The molecule has 0 radical (unpaired) electrons. The molecule has 0 saturated carbocycles.